The molecule has 0 spiro atoms. The first kappa shape index (κ1) is 16.1. The molecule has 0 atom stereocenters. The van der Waals surface area contributed by atoms with Crippen molar-refractivity contribution >= 4 is 29.1 Å². The standard InChI is InChI=1S/C16H12N4O5/c1-8-3-2-6-20-13(8)17-12(16(24)25)14(20)19-18-9-4-5-11(21)10(7-9)15(22)23/h2-7,21H,1H3,(H,22,23)(H,24,25). The molecule has 0 aliphatic carbocycles. The molecule has 0 saturated heterocycles. The number of rotatable bonds is 4. The molecule has 0 radical (unpaired) electrons. The van der Waals surface area contributed by atoms with E-state index in [4.69, 9.17) is 5.11 Å². The molecule has 3 aromatic rings. The lowest BCUT2D eigenvalue weighted by molar-refractivity contribution is 0.0682. The number of pyridine rings is 1. The van der Waals surface area contributed by atoms with Crippen molar-refractivity contribution in [2.45, 2.75) is 6.92 Å². The van der Waals surface area contributed by atoms with Gasteiger partial charge in [-0.3, -0.25) is 4.40 Å². The summed E-state index contributed by atoms with van der Waals surface area (Å²) in [5, 5.41) is 35.6. The van der Waals surface area contributed by atoms with E-state index in [1.807, 2.05) is 0 Å². The summed E-state index contributed by atoms with van der Waals surface area (Å²) in [6, 6.07) is 7.18. The molecule has 0 aliphatic rings. The Bertz CT molecular complexity index is 1040. The fourth-order valence-corrected chi connectivity index (χ4v) is 2.29. The van der Waals surface area contributed by atoms with Gasteiger partial charge in [-0.2, -0.15) is 0 Å². The summed E-state index contributed by atoms with van der Waals surface area (Å²) >= 11 is 0. The van der Waals surface area contributed by atoms with Gasteiger partial charge < -0.3 is 15.3 Å². The molecule has 0 saturated carbocycles. The molecular formula is C16H12N4O5. The molecule has 1 aromatic carbocycles. The topological polar surface area (TPSA) is 137 Å². The van der Waals surface area contributed by atoms with E-state index in [1.54, 1.807) is 25.3 Å². The number of fused-ring (bicyclic) bond motifs is 1. The van der Waals surface area contributed by atoms with Gasteiger partial charge in [-0.05, 0) is 36.8 Å². The van der Waals surface area contributed by atoms with Gasteiger partial charge in [0.15, 0.2) is 11.5 Å². The van der Waals surface area contributed by atoms with Crippen molar-refractivity contribution in [2.75, 3.05) is 0 Å². The van der Waals surface area contributed by atoms with Crippen LogP contribution in [0.25, 0.3) is 5.65 Å². The molecule has 2 aromatic heterocycles. The van der Waals surface area contributed by atoms with Crippen LogP contribution in [-0.4, -0.2) is 36.6 Å². The van der Waals surface area contributed by atoms with Gasteiger partial charge in [-0.15, -0.1) is 10.2 Å². The first-order valence-corrected chi connectivity index (χ1v) is 7.07. The van der Waals surface area contributed by atoms with Crippen LogP contribution in [0.1, 0.15) is 26.4 Å². The van der Waals surface area contributed by atoms with E-state index < -0.39 is 17.7 Å². The number of benzene rings is 1. The van der Waals surface area contributed by atoms with E-state index in [1.165, 1.54) is 16.5 Å². The highest BCUT2D eigenvalue weighted by atomic mass is 16.4. The fourth-order valence-electron chi connectivity index (χ4n) is 2.29. The second kappa shape index (κ2) is 6.04. The minimum atomic E-state index is -1.31. The highest BCUT2D eigenvalue weighted by Crippen LogP contribution is 2.28. The Kier molecular flexibility index (Phi) is 3.89. The van der Waals surface area contributed by atoms with Gasteiger partial charge in [0, 0.05) is 6.20 Å². The highest BCUT2D eigenvalue weighted by molar-refractivity contribution is 5.92. The summed E-state index contributed by atoms with van der Waals surface area (Å²) in [4.78, 5) is 26.5. The van der Waals surface area contributed by atoms with Crippen molar-refractivity contribution in [3.05, 3.63) is 53.3 Å². The average Bonchev–Trinajstić information content (AvgIpc) is 2.94. The zero-order valence-electron chi connectivity index (χ0n) is 12.9. The number of hydrogen-bond acceptors (Lipinski definition) is 6. The fraction of sp³-hybridized carbons (Fsp3) is 0.0625. The minimum Gasteiger partial charge on any atom is -0.507 e. The number of aromatic nitrogens is 2. The third-order valence-corrected chi connectivity index (χ3v) is 3.49. The maximum Gasteiger partial charge on any atom is 0.358 e. The van der Waals surface area contributed by atoms with Crippen LogP contribution in [0.15, 0.2) is 46.8 Å². The van der Waals surface area contributed by atoms with Crippen molar-refractivity contribution in [3.63, 3.8) is 0 Å². The van der Waals surface area contributed by atoms with Crippen molar-refractivity contribution in [1.82, 2.24) is 9.38 Å². The number of aromatic carboxylic acids is 2. The van der Waals surface area contributed by atoms with Gasteiger partial charge in [0.1, 0.15) is 17.0 Å². The van der Waals surface area contributed by atoms with E-state index in [0.717, 1.165) is 11.6 Å². The lowest BCUT2D eigenvalue weighted by Crippen LogP contribution is -1.96. The lowest BCUT2D eigenvalue weighted by atomic mass is 10.2. The molecule has 2 heterocycles. The Morgan fingerprint density at radius 1 is 1.12 bits per heavy atom. The molecule has 0 bridgehead atoms. The Labute approximate surface area is 140 Å². The second-order valence-corrected chi connectivity index (χ2v) is 5.18. The molecule has 3 N–H and O–H groups in total. The predicted molar refractivity (Wildman–Crippen MR) is 86.1 cm³/mol. The number of nitrogens with zero attached hydrogens (tertiary/aromatic N) is 4. The Morgan fingerprint density at radius 2 is 1.88 bits per heavy atom. The van der Waals surface area contributed by atoms with Crippen molar-refractivity contribution in [1.29, 1.82) is 0 Å². The lowest BCUT2D eigenvalue weighted by Gasteiger charge is -2.00. The number of azo groups is 1. The Hall–Kier alpha value is -3.75. The van der Waals surface area contributed by atoms with E-state index in [2.05, 4.69) is 15.2 Å². The number of aryl methyl sites for hydroxylation is 1. The molecule has 9 heteroatoms. The maximum atomic E-state index is 11.4. The minimum absolute atomic E-state index is 0.0103. The summed E-state index contributed by atoms with van der Waals surface area (Å²) in [5.74, 6) is -2.96. The smallest absolute Gasteiger partial charge is 0.358 e. The number of phenols is 1. The normalized spacial score (nSPS) is 11.2. The quantitative estimate of drug-likeness (QED) is 0.624. The van der Waals surface area contributed by atoms with Crippen molar-refractivity contribution in [3.8, 4) is 5.75 Å². The number of carbonyl (C=O) groups is 2. The first-order valence-electron chi connectivity index (χ1n) is 7.07. The number of aromatic hydroxyl groups is 1. The molecule has 25 heavy (non-hydrogen) atoms. The van der Waals surface area contributed by atoms with Crippen LogP contribution in [0.5, 0.6) is 5.75 Å². The summed E-state index contributed by atoms with van der Waals surface area (Å²) < 4.78 is 1.49. The van der Waals surface area contributed by atoms with Crippen LogP contribution >= 0.6 is 0 Å². The Morgan fingerprint density at radius 3 is 2.56 bits per heavy atom. The van der Waals surface area contributed by atoms with Gasteiger partial charge in [0.25, 0.3) is 0 Å². The van der Waals surface area contributed by atoms with E-state index in [9.17, 15) is 19.8 Å². The predicted octanol–water partition coefficient (Wildman–Crippen LogP) is 3.16. The average molecular weight is 340 g/mol. The van der Waals surface area contributed by atoms with Crippen molar-refractivity contribution < 1.29 is 24.9 Å². The van der Waals surface area contributed by atoms with E-state index in [0.29, 0.717) is 5.65 Å². The molecule has 3 rings (SSSR count). The number of imidazole rings is 1. The molecule has 0 fully saturated rings. The molecule has 0 amide bonds. The molecule has 0 aliphatic heterocycles. The van der Waals surface area contributed by atoms with Gasteiger partial charge in [0.2, 0.25) is 0 Å². The maximum absolute atomic E-state index is 11.4. The van der Waals surface area contributed by atoms with Gasteiger partial charge in [-0.25, -0.2) is 14.6 Å². The van der Waals surface area contributed by atoms with Crippen LogP contribution in [0.4, 0.5) is 11.5 Å². The zero-order chi connectivity index (χ0) is 18.1. The van der Waals surface area contributed by atoms with Crippen LogP contribution < -0.4 is 0 Å². The van der Waals surface area contributed by atoms with Crippen LogP contribution in [0.2, 0.25) is 0 Å². The van der Waals surface area contributed by atoms with Crippen LogP contribution in [0.3, 0.4) is 0 Å². The van der Waals surface area contributed by atoms with Gasteiger partial charge in [-0.1, -0.05) is 6.07 Å². The molecule has 0 unspecified atom stereocenters. The second-order valence-electron chi connectivity index (χ2n) is 5.18. The van der Waals surface area contributed by atoms with Gasteiger partial charge in [0.05, 0.1) is 5.69 Å². The van der Waals surface area contributed by atoms with E-state index in [-0.39, 0.29) is 22.8 Å². The summed E-state index contributed by atoms with van der Waals surface area (Å²) in [7, 11) is 0. The Balaban J connectivity index is 2.12. The summed E-state index contributed by atoms with van der Waals surface area (Å²) in [6.07, 6.45) is 1.61. The SMILES string of the molecule is Cc1cccn2c(N=Nc3ccc(O)c(C(=O)O)c3)c(C(=O)O)nc12. The monoisotopic (exact) mass is 340 g/mol. The number of carboxylic acid groups (broad SMARTS) is 2. The van der Waals surface area contributed by atoms with Gasteiger partial charge >= 0.3 is 11.9 Å². The molecule has 126 valence electrons. The van der Waals surface area contributed by atoms with Crippen molar-refractivity contribution in [2.24, 2.45) is 10.2 Å². The van der Waals surface area contributed by atoms with Crippen LogP contribution in [0, 0.1) is 6.92 Å². The third kappa shape index (κ3) is 2.90. The molecular weight excluding hydrogens is 328 g/mol. The zero-order valence-corrected chi connectivity index (χ0v) is 12.9. The van der Waals surface area contributed by atoms with E-state index >= 15 is 0 Å². The number of carboxylic acids is 2. The summed E-state index contributed by atoms with van der Waals surface area (Å²) in [5.41, 5.74) is 0.753. The highest BCUT2D eigenvalue weighted by Gasteiger charge is 2.19. The molecule has 9 nitrogen and oxygen atoms in total. The summed E-state index contributed by atoms with van der Waals surface area (Å²) in [6.45, 7) is 1.79. The first-order chi connectivity index (χ1) is 11.9. The van der Waals surface area contributed by atoms with Crippen LogP contribution in [-0.2, 0) is 0 Å². The third-order valence-electron chi connectivity index (χ3n) is 3.49. The largest absolute Gasteiger partial charge is 0.507 e. The number of hydrogen-bond donors (Lipinski definition) is 3.